The summed E-state index contributed by atoms with van der Waals surface area (Å²) in [5, 5.41) is 3.23. The molecule has 0 saturated heterocycles. The van der Waals surface area contributed by atoms with Gasteiger partial charge in [-0.15, -0.1) is 0 Å². The van der Waals surface area contributed by atoms with Gasteiger partial charge in [0.2, 0.25) is 5.43 Å². The number of H-pyrrole nitrogens is 1. The molecule has 1 aromatic carbocycles. The number of hydrogen-bond acceptors (Lipinski definition) is 2. The van der Waals surface area contributed by atoms with Crippen LogP contribution in [0.5, 0.6) is 0 Å². The normalized spacial score (nSPS) is 10.4. The highest BCUT2D eigenvalue weighted by atomic mass is 16.2. The third-order valence-corrected chi connectivity index (χ3v) is 2.57. The van der Waals surface area contributed by atoms with Gasteiger partial charge in [0.25, 0.3) is 5.91 Å². The van der Waals surface area contributed by atoms with Crippen LogP contribution in [0, 0.1) is 0 Å². The fourth-order valence-corrected chi connectivity index (χ4v) is 1.67. The summed E-state index contributed by atoms with van der Waals surface area (Å²) >= 11 is 0. The topological polar surface area (TPSA) is 62.0 Å². The van der Waals surface area contributed by atoms with Crippen LogP contribution in [0.25, 0.3) is 10.9 Å². The van der Waals surface area contributed by atoms with Crippen LogP contribution in [-0.2, 0) is 0 Å². The molecule has 0 aliphatic carbocycles. The first kappa shape index (κ1) is 11.4. The predicted octanol–water partition coefficient (Wildman–Crippen LogP) is 1.67. The van der Waals surface area contributed by atoms with E-state index in [2.05, 4.69) is 10.3 Å². The molecule has 0 aliphatic rings. The van der Waals surface area contributed by atoms with Crippen LogP contribution in [0.3, 0.4) is 0 Å². The fourth-order valence-electron chi connectivity index (χ4n) is 1.67. The van der Waals surface area contributed by atoms with E-state index in [-0.39, 0.29) is 16.9 Å². The van der Waals surface area contributed by atoms with Crippen LogP contribution in [0.2, 0.25) is 0 Å². The molecular weight excluding hydrogens is 216 g/mol. The summed E-state index contributed by atoms with van der Waals surface area (Å²) in [6.45, 7) is 2.54. The lowest BCUT2D eigenvalue weighted by Crippen LogP contribution is -2.29. The van der Waals surface area contributed by atoms with Crippen molar-refractivity contribution < 1.29 is 4.79 Å². The zero-order chi connectivity index (χ0) is 12.3. The SMILES string of the molecule is CCCNC(=O)c1c[nH]c2ccccc2c1=O. The summed E-state index contributed by atoms with van der Waals surface area (Å²) in [6, 6.07) is 7.15. The van der Waals surface area contributed by atoms with Crippen molar-refractivity contribution in [3.05, 3.63) is 46.2 Å². The quantitative estimate of drug-likeness (QED) is 0.842. The molecule has 1 aromatic heterocycles. The van der Waals surface area contributed by atoms with E-state index in [1.807, 2.05) is 19.1 Å². The van der Waals surface area contributed by atoms with Crippen molar-refractivity contribution in [2.45, 2.75) is 13.3 Å². The molecule has 2 N–H and O–H groups in total. The molecule has 0 atom stereocenters. The highest BCUT2D eigenvalue weighted by Gasteiger charge is 2.11. The number of benzene rings is 1. The van der Waals surface area contributed by atoms with Gasteiger partial charge in [0.15, 0.2) is 0 Å². The number of pyridine rings is 1. The first-order chi connectivity index (χ1) is 8.24. The Hall–Kier alpha value is -2.10. The molecule has 2 rings (SSSR count). The Kier molecular flexibility index (Phi) is 3.23. The molecule has 88 valence electrons. The Morgan fingerprint density at radius 3 is 2.88 bits per heavy atom. The Balaban J connectivity index is 2.46. The fraction of sp³-hybridized carbons (Fsp3) is 0.231. The molecule has 0 fully saturated rings. The van der Waals surface area contributed by atoms with Crippen molar-refractivity contribution in [2.75, 3.05) is 6.54 Å². The molecule has 0 saturated carbocycles. The van der Waals surface area contributed by atoms with Gasteiger partial charge < -0.3 is 10.3 Å². The molecule has 1 heterocycles. The van der Waals surface area contributed by atoms with Crippen molar-refractivity contribution in [2.24, 2.45) is 0 Å². The number of hydrogen-bond donors (Lipinski definition) is 2. The summed E-state index contributed by atoms with van der Waals surface area (Å²) < 4.78 is 0. The molecular formula is C13H14N2O2. The van der Waals surface area contributed by atoms with E-state index in [9.17, 15) is 9.59 Å². The van der Waals surface area contributed by atoms with Crippen LogP contribution < -0.4 is 10.7 Å². The number of aromatic nitrogens is 1. The van der Waals surface area contributed by atoms with Crippen molar-refractivity contribution >= 4 is 16.8 Å². The van der Waals surface area contributed by atoms with Crippen molar-refractivity contribution in [3.63, 3.8) is 0 Å². The summed E-state index contributed by atoms with van der Waals surface area (Å²) in [7, 11) is 0. The number of fused-ring (bicyclic) bond motifs is 1. The van der Waals surface area contributed by atoms with Gasteiger partial charge in [0, 0.05) is 23.6 Å². The number of rotatable bonds is 3. The van der Waals surface area contributed by atoms with Crippen LogP contribution in [0.15, 0.2) is 35.3 Å². The highest BCUT2D eigenvalue weighted by Crippen LogP contribution is 2.06. The third-order valence-electron chi connectivity index (χ3n) is 2.57. The average Bonchev–Trinajstić information content (AvgIpc) is 2.37. The van der Waals surface area contributed by atoms with E-state index in [0.717, 1.165) is 11.9 Å². The summed E-state index contributed by atoms with van der Waals surface area (Å²) in [4.78, 5) is 26.7. The number of para-hydroxylation sites is 1. The molecule has 0 spiro atoms. The van der Waals surface area contributed by atoms with E-state index in [1.54, 1.807) is 12.1 Å². The minimum atomic E-state index is -0.321. The van der Waals surface area contributed by atoms with Gasteiger partial charge in [-0.1, -0.05) is 19.1 Å². The van der Waals surface area contributed by atoms with Gasteiger partial charge in [-0.25, -0.2) is 0 Å². The smallest absolute Gasteiger partial charge is 0.256 e. The largest absolute Gasteiger partial charge is 0.360 e. The Labute approximate surface area is 98.7 Å². The van der Waals surface area contributed by atoms with Gasteiger partial charge in [-0.2, -0.15) is 0 Å². The lowest BCUT2D eigenvalue weighted by molar-refractivity contribution is 0.0952. The first-order valence-electron chi connectivity index (χ1n) is 5.62. The number of carbonyl (C=O) groups is 1. The molecule has 0 aliphatic heterocycles. The number of amides is 1. The monoisotopic (exact) mass is 230 g/mol. The minimum absolute atomic E-state index is 0.164. The minimum Gasteiger partial charge on any atom is -0.360 e. The molecule has 17 heavy (non-hydrogen) atoms. The molecule has 4 heteroatoms. The van der Waals surface area contributed by atoms with Gasteiger partial charge >= 0.3 is 0 Å². The van der Waals surface area contributed by atoms with Gasteiger partial charge in [0.05, 0.1) is 0 Å². The summed E-state index contributed by atoms with van der Waals surface area (Å²) in [6.07, 6.45) is 2.31. The van der Waals surface area contributed by atoms with Crippen molar-refractivity contribution in [1.82, 2.24) is 10.3 Å². The number of aromatic amines is 1. The standard InChI is InChI=1S/C13H14N2O2/c1-2-7-14-13(17)10-8-15-11-6-4-3-5-9(11)12(10)16/h3-6,8H,2,7H2,1H3,(H,14,17)(H,15,16). The maximum absolute atomic E-state index is 12.1. The predicted molar refractivity (Wildman–Crippen MR) is 67.2 cm³/mol. The number of carbonyl (C=O) groups excluding carboxylic acids is 1. The maximum atomic E-state index is 12.1. The van der Waals surface area contributed by atoms with E-state index in [1.165, 1.54) is 6.20 Å². The Bertz CT molecular complexity index is 602. The van der Waals surface area contributed by atoms with Gasteiger partial charge in [-0.05, 0) is 18.6 Å². The van der Waals surface area contributed by atoms with E-state index in [4.69, 9.17) is 0 Å². The third kappa shape index (κ3) is 2.20. The average molecular weight is 230 g/mol. The zero-order valence-electron chi connectivity index (χ0n) is 9.62. The van der Waals surface area contributed by atoms with Crippen LogP contribution in [-0.4, -0.2) is 17.4 Å². The maximum Gasteiger partial charge on any atom is 0.256 e. The summed E-state index contributed by atoms with van der Waals surface area (Å²) in [5.41, 5.74) is 0.676. The number of nitrogens with one attached hydrogen (secondary N) is 2. The van der Waals surface area contributed by atoms with E-state index < -0.39 is 0 Å². The summed E-state index contributed by atoms with van der Waals surface area (Å²) in [5.74, 6) is -0.321. The zero-order valence-corrected chi connectivity index (χ0v) is 9.62. The van der Waals surface area contributed by atoms with E-state index >= 15 is 0 Å². The molecule has 0 unspecified atom stereocenters. The van der Waals surface area contributed by atoms with Crippen LogP contribution >= 0.6 is 0 Å². The van der Waals surface area contributed by atoms with Crippen molar-refractivity contribution in [1.29, 1.82) is 0 Å². The molecule has 1 amide bonds. The molecule has 0 bridgehead atoms. The van der Waals surface area contributed by atoms with Crippen molar-refractivity contribution in [3.8, 4) is 0 Å². The second-order valence-corrected chi connectivity index (χ2v) is 3.83. The molecule has 2 aromatic rings. The second kappa shape index (κ2) is 4.82. The lowest BCUT2D eigenvalue weighted by atomic mass is 10.1. The first-order valence-corrected chi connectivity index (χ1v) is 5.62. The van der Waals surface area contributed by atoms with Gasteiger partial charge in [-0.3, -0.25) is 9.59 Å². The van der Waals surface area contributed by atoms with E-state index in [0.29, 0.717) is 11.9 Å². The second-order valence-electron chi connectivity index (χ2n) is 3.83. The van der Waals surface area contributed by atoms with Crippen LogP contribution in [0.4, 0.5) is 0 Å². The van der Waals surface area contributed by atoms with Crippen LogP contribution in [0.1, 0.15) is 23.7 Å². The highest BCUT2D eigenvalue weighted by molar-refractivity contribution is 5.97. The Morgan fingerprint density at radius 1 is 1.35 bits per heavy atom. The molecule has 4 nitrogen and oxygen atoms in total. The van der Waals surface area contributed by atoms with Gasteiger partial charge in [0.1, 0.15) is 5.56 Å². The Morgan fingerprint density at radius 2 is 2.12 bits per heavy atom. The lowest BCUT2D eigenvalue weighted by Gasteiger charge is -2.04. The molecule has 0 radical (unpaired) electrons.